The maximum absolute atomic E-state index is 12.8. The summed E-state index contributed by atoms with van der Waals surface area (Å²) in [5, 5.41) is 18.6. The second kappa shape index (κ2) is 6.98. The normalized spacial score (nSPS) is 17.6. The van der Waals surface area contributed by atoms with Gasteiger partial charge in [0.2, 0.25) is 4.34 Å². The van der Waals surface area contributed by atoms with Crippen molar-refractivity contribution >= 4 is 38.8 Å². The van der Waals surface area contributed by atoms with Crippen LogP contribution >= 0.6 is 11.3 Å². The lowest BCUT2D eigenvalue weighted by Crippen LogP contribution is -2.19. The van der Waals surface area contributed by atoms with E-state index in [0.717, 1.165) is 47.3 Å². The summed E-state index contributed by atoms with van der Waals surface area (Å²) in [6.07, 6.45) is 5.00. The van der Waals surface area contributed by atoms with E-state index in [4.69, 9.17) is 5.14 Å². The van der Waals surface area contributed by atoms with Crippen molar-refractivity contribution in [2.75, 3.05) is 5.32 Å². The summed E-state index contributed by atoms with van der Waals surface area (Å²) in [4.78, 5) is 29.2. The Morgan fingerprint density at radius 1 is 1.31 bits per heavy atom. The highest BCUT2D eigenvalue weighted by Crippen LogP contribution is 2.38. The first-order chi connectivity index (χ1) is 13.6. The average Bonchev–Trinajstić information content (AvgIpc) is 3.33. The predicted molar refractivity (Wildman–Crippen MR) is 111 cm³/mol. The second-order valence-electron chi connectivity index (χ2n) is 7.83. The van der Waals surface area contributed by atoms with Crippen molar-refractivity contribution in [1.29, 1.82) is 0 Å². The van der Waals surface area contributed by atoms with E-state index in [2.05, 4.69) is 14.7 Å². The minimum absolute atomic E-state index is 0.0246. The molecule has 1 aromatic carbocycles. The summed E-state index contributed by atoms with van der Waals surface area (Å²) in [6, 6.07) is 1.11. The van der Waals surface area contributed by atoms with Gasteiger partial charge in [-0.2, -0.15) is 0 Å². The Hall–Kier alpha value is -2.14. The zero-order chi connectivity index (χ0) is 21.0. The molecule has 0 bridgehead atoms. The van der Waals surface area contributed by atoms with Gasteiger partial charge in [0.15, 0.2) is 15.7 Å². The number of benzene rings is 1. The number of ketones is 1. The van der Waals surface area contributed by atoms with Crippen molar-refractivity contribution in [3.8, 4) is 0 Å². The standard InChI is InChI=1S/C19H22N4O4S2/c1-19(2,26)15-9-21-18(28-15)29(20,27)23-17(25)22-16-11-5-3-4-10(11)8-13-12(16)6-7-14(13)24/h8-9,26H,3-7H2,1-2H3,(H3,20,22,23,25,27)/t29-/m0/s1. The molecule has 0 saturated carbocycles. The maximum atomic E-state index is 12.8. The topological polar surface area (TPSA) is 135 Å². The second-order valence-corrected chi connectivity index (χ2v) is 10.8. The summed E-state index contributed by atoms with van der Waals surface area (Å²) in [7, 11) is -3.57. The number of urea groups is 1. The molecule has 2 aliphatic carbocycles. The van der Waals surface area contributed by atoms with Crippen molar-refractivity contribution in [2.45, 2.75) is 55.9 Å². The van der Waals surface area contributed by atoms with Crippen molar-refractivity contribution in [3.63, 3.8) is 0 Å². The third-order valence-corrected chi connectivity index (χ3v) is 8.31. The van der Waals surface area contributed by atoms with Crippen LogP contribution in [0.4, 0.5) is 10.5 Å². The molecule has 10 heteroatoms. The number of amides is 2. The molecule has 0 aliphatic heterocycles. The first-order valence-electron chi connectivity index (χ1n) is 9.31. The Balaban J connectivity index is 1.67. The van der Waals surface area contributed by atoms with Crippen LogP contribution in [-0.2, 0) is 34.8 Å². The zero-order valence-electron chi connectivity index (χ0n) is 16.2. The first kappa shape index (κ1) is 20.1. The first-order valence-corrected chi connectivity index (χ1v) is 11.7. The third kappa shape index (κ3) is 3.73. The Labute approximate surface area is 172 Å². The molecular weight excluding hydrogens is 412 g/mol. The summed E-state index contributed by atoms with van der Waals surface area (Å²) < 4.78 is 16.5. The van der Waals surface area contributed by atoms with Gasteiger partial charge in [-0.05, 0) is 62.3 Å². The molecule has 0 radical (unpaired) electrons. The molecule has 4 N–H and O–H groups in total. The number of carbonyl (C=O) groups excluding carboxylic acids is 2. The molecule has 0 spiro atoms. The van der Waals surface area contributed by atoms with Gasteiger partial charge in [-0.1, -0.05) is 0 Å². The Bertz CT molecular complexity index is 1150. The Kier molecular flexibility index (Phi) is 4.85. The molecule has 0 fully saturated rings. The zero-order valence-corrected chi connectivity index (χ0v) is 17.8. The molecule has 2 aliphatic rings. The lowest BCUT2D eigenvalue weighted by atomic mass is 9.98. The van der Waals surface area contributed by atoms with E-state index >= 15 is 0 Å². The van der Waals surface area contributed by atoms with Crippen LogP contribution in [0, 0.1) is 0 Å². The molecular formula is C19H22N4O4S2. The molecule has 0 saturated heterocycles. The van der Waals surface area contributed by atoms with E-state index < -0.39 is 21.5 Å². The van der Waals surface area contributed by atoms with Gasteiger partial charge >= 0.3 is 6.03 Å². The number of aryl methyl sites for hydroxylation is 1. The number of hydrogen-bond donors (Lipinski definition) is 3. The Morgan fingerprint density at radius 2 is 2.07 bits per heavy atom. The van der Waals surface area contributed by atoms with Gasteiger partial charge in [-0.3, -0.25) is 4.79 Å². The van der Waals surface area contributed by atoms with Crippen molar-refractivity contribution < 1.29 is 18.9 Å². The van der Waals surface area contributed by atoms with E-state index in [9.17, 15) is 18.9 Å². The molecule has 29 heavy (non-hydrogen) atoms. The quantitative estimate of drug-likeness (QED) is 0.683. The number of nitrogens with zero attached hydrogens (tertiary/aromatic N) is 2. The van der Waals surface area contributed by atoms with Crippen LogP contribution in [0.1, 0.15) is 58.6 Å². The van der Waals surface area contributed by atoms with Crippen molar-refractivity contribution in [1.82, 2.24) is 4.98 Å². The molecule has 0 unspecified atom stereocenters. The van der Waals surface area contributed by atoms with Gasteiger partial charge in [-0.15, -0.1) is 15.7 Å². The van der Waals surface area contributed by atoms with E-state index in [1.807, 2.05) is 6.07 Å². The number of nitrogens with one attached hydrogen (secondary N) is 1. The van der Waals surface area contributed by atoms with Crippen LogP contribution < -0.4 is 10.5 Å². The van der Waals surface area contributed by atoms with E-state index in [-0.39, 0.29) is 10.1 Å². The average molecular weight is 435 g/mol. The molecule has 1 atom stereocenters. The molecule has 1 heterocycles. The molecule has 8 nitrogen and oxygen atoms in total. The van der Waals surface area contributed by atoms with Gasteiger partial charge in [0.1, 0.15) is 0 Å². The number of hydrogen-bond acceptors (Lipinski definition) is 6. The smallest absolute Gasteiger partial charge is 0.354 e. The highest BCUT2D eigenvalue weighted by molar-refractivity contribution is 7.93. The fraction of sp³-hybridized carbons (Fsp3) is 0.421. The molecule has 154 valence electrons. The fourth-order valence-corrected chi connectivity index (χ4v) is 5.87. The van der Waals surface area contributed by atoms with Crippen molar-refractivity contribution in [3.05, 3.63) is 39.4 Å². The highest BCUT2D eigenvalue weighted by atomic mass is 32.2. The number of aromatic nitrogens is 1. The van der Waals surface area contributed by atoms with Gasteiger partial charge in [0, 0.05) is 23.9 Å². The number of anilines is 1. The summed E-state index contributed by atoms with van der Waals surface area (Å²) in [6.45, 7) is 3.15. The summed E-state index contributed by atoms with van der Waals surface area (Å²) in [5.41, 5.74) is 3.01. The van der Waals surface area contributed by atoms with E-state index in [0.29, 0.717) is 29.0 Å². The lowest BCUT2D eigenvalue weighted by Gasteiger charge is -2.14. The summed E-state index contributed by atoms with van der Waals surface area (Å²) >= 11 is 0.956. The van der Waals surface area contributed by atoms with Gasteiger partial charge in [0.05, 0.1) is 10.5 Å². The summed E-state index contributed by atoms with van der Waals surface area (Å²) in [5.74, 6) is 0.0756. The molecule has 2 aromatic rings. The van der Waals surface area contributed by atoms with Crippen molar-refractivity contribution in [2.24, 2.45) is 9.50 Å². The molecule has 2 amide bonds. The predicted octanol–water partition coefficient (Wildman–Crippen LogP) is 2.92. The fourth-order valence-electron chi connectivity index (χ4n) is 3.79. The van der Waals surface area contributed by atoms with E-state index in [1.54, 1.807) is 13.8 Å². The minimum Gasteiger partial charge on any atom is -0.385 e. The van der Waals surface area contributed by atoms with Crippen LogP contribution in [0.2, 0.25) is 0 Å². The number of carbonyl (C=O) groups is 2. The van der Waals surface area contributed by atoms with Gasteiger partial charge < -0.3 is 10.4 Å². The van der Waals surface area contributed by atoms with Gasteiger partial charge in [-0.25, -0.2) is 19.1 Å². The number of aliphatic hydroxyl groups is 1. The Morgan fingerprint density at radius 3 is 2.76 bits per heavy atom. The SMILES string of the molecule is CC(C)(O)c1cnc([S@@](N)(=O)=NC(=O)Nc2c3c(cc4c2CCC4=O)CCC3)s1. The number of rotatable bonds is 3. The third-order valence-electron chi connectivity index (χ3n) is 5.20. The minimum atomic E-state index is -3.57. The number of fused-ring (bicyclic) bond motifs is 2. The van der Waals surface area contributed by atoms with Crippen LogP contribution in [0.15, 0.2) is 21.0 Å². The number of thiazole rings is 1. The van der Waals surface area contributed by atoms with Crippen LogP contribution in [0.3, 0.4) is 0 Å². The largest absolute Gasteiger partial charge is 0.385 e. The number of nitrogens with two attached hydrogens (primary N) is 1. The van der Waals surface area contributed by atoms with Crippen LogP contribution in [0.5, 0.6) is 0 Å². The van der Waals surface area contributed by atoms with Crippen LogP contribution in [0.25, 0.3) is 0 Å². The highest BCUT2D eigenvalue weighted by Gasteiger charge is 2.29. The molecule has 4 rings (SSSR count). The molecule has 1 aromatic heterocycles. The van der Waals surface area contributed by atoms with Crippen LogP contribution in [-0.4, -0.2) is 26.1 Å². The van der Waals surface area contributed by atoms with Gasteiger partial charge in [0.25, 0.3) is 0 Å². The lowest BCUT2D eigenvalue weighted by molar-refractivity contribution is 0.0823. The maximum Gasteiger partial charge on any atom is 0.354 e. The number of Topliss-reactive ketones (excluding diaryl/α,β-unsaturated/α-hetero) is 1. The monoisotopic (exact) mass is 434 g/mol. The van der Waals surface area contributed by atoms with E-state index in [1.165, 1.54) is 6.20 Å².